The fourth-order valence-electron chi connectivity index (χ4n) is 3.27. The molecule has 0 atom stereocenters. The van der Waals surface area contributed by atoms with Gasteiger partial charge in [-0.15, -0.1) is 0 Å². The van der Waals surface area contributed by atoms with E-state index in [4.69, 9.17) is 30.5 Å². The van der Waals surface area contributed by atoms with Crippen molar-refractivity contribution in [3.63, 3.8) is 0 Å². The number of hydrogen-bond donors (Lipinski definition) is 3. The normalized spacial score (nSPS) is 10.2. The number of anilines is 3. The van der Waals surface area contributed by atoms with Crippen LogP contribution in [0.2, 0.25) is 5.02 Å². The van der Waals surface area contributed by atoms with Crippen molar-refractivity contribution >= 4 is 52.4 Å². The SMILES string of the molecule is COc1ccc(Cl)cc1NC(=O)COc1ccc(C(=O)OCC(=O)Nc2ccc(NC(C)=O)cc2)cc1OC. The summed E-state index contributed by atoms with van der Waals surface area (Å²) in [5, 5.41) is 8.28. The van der Waals surface area contributed by atoms with E-state index in [0.717, 1.165) is 0 Å². The summed E-state index contributed by atoms with van der Waals surface area (Å²) in [4.78, 5) is 48.1. The number of methoxy groups -OCH3 is 2. The molecule has 0 aliphatic heterocycles. The predicted octanol–water partition coefficient (Wildman–Crippen LogP) is 4.13. The number of rotatable bonds is 11. The van der Waals surface area contributed by atoms with Gasteiger partial charge in [-0.25, -0.2) is 4.79 Å². The van der Waals surface area contributed by atoms with Crippen LogP contribution < -0.4 is 30.2 Å². The number of nitrogens with one attached hydrogen (secondary N) is 3. The molecule has 0 aliphatic carbocycles. The van der Waals surface area contributed by atoms with Crippen LogP contribution in [-0.4, -0.2) is 51.1 Å². The summed E-state index contributed by atoms with van der Waals surface area (Å²) < 4.78 is 21.1. The molecule has 12 heteroatoms. The molecule has 3 aromatic carbocycles. The number of amides is 3. The highest BCUT2D eigenvalue weighted by atomic mass is 35.5. The molecule has 204 valence electrons. The quantitative estimate of drug-likeness (QED) is 0.300. The standard InChI is InChI=1S/C27H26ClN3O8/c1-16(32)29-19-6-8-20(9-7-19)30-25(33)15-39-27(35)17-4-10-23(24(12-17)37-3)38-14-26(34)31-21-13-18(28)5-11-22(21)36-2/h4-13H,14-15H2,1-3H3,(H,29,32)(H,30,33)(H,31,34). The summed E-state index contributed by atoms with van der Waals surface area (Å²) in [5.74, 6) is -1.18. The monoisotopic (exact) mass is 555 g/mol. The lowest BCUT2D eigenvalue weighted by Gasteiger charge is -2.13. The van der Waals surface area contributed by atoms with Gasteiger partial charge in [0.1, 0.15) is 5.75 Å². The Balaban J connectivity index is 1.52. The zero-order valence-electron chi connectivity index (χ0n) is 21.3. The number of benzene rings is 3. The molecule has 0 heterocycles. The van der Waals surface area contributed by atoms with Crippen LogP contribution in [-0.2, 0) is 19.1 Å². The van der Waals surface area contributed by atoms with E-state index >= 15 is 0 Å². The maximum Gasteiger partial charge on any atom is 0.338 e. The fraction of sp³-hybridized carbons (Fsp3) is 0.185. The topological polar surface area (TPSA) is 141 Å². The lowest BCUT2D eigenvalue weighted by atomic mass is 10.2. The van der Waals surface area contributed by atoms with Crippen LogP contribution in [0.5, 0.6) is 17.2 Å². The van der Waals surface area contributed by atoms with Crippen molar-refractivity contribution in [1.82, 2.24) is 0 Å². The molecule has 3 amide bonds. The number of halogens is 1. The van der Waals surface area contributed by atoms with E-state index in [0.29, 0.717) is 27.8 Å². The van der Waals surface area contributed by atoms with Gasteiger partial charge in [0.2, 0.25) is 5.91 Å². The third kappa shape index (κ3) is 8.64. The Bertz CT molecular complexity index is 1360. The first-order valence-corrected chi connectivity index (χ1v) is 11.8. The maximum absolute atomic E-state index is 12.5. The Labute approximate surface area is 229 Å². The second kappa shape index (κ2) is 13.7. The van der Waals surface area contributed by atoms with E-state index in [1.54, 1.807) is 42.5 Å². The molecule has 11 nitrogen and oxygen atoms in total. The number of carbonyl (C=O) groups excluding carboxylic acids is 4. The molecule has 3 rings (SSSR count). The summed E-state index contributed by atoms with van der Waals surface area (Å²) in [6.45, 7) is 0.502. The third-order valence-electron chi connectivity index (χ3n) is 5.02. The molecule has 0 bridgehead atoms. The first-order chi connectivity index (χ1) is 18.7. The van der Waals surface area contributed by atoms with Crippen LogP contribution in [0.3, 0.4) is 0 Å². The van der Waals surface area contributed by atoms with Crippen molar-refractivity contribution in [3.8, 4) is 17.2 Å². The van der Waals surface area contributed by atoms with Gasteiger partial charge < -0.3 is 34.9 Å². The van der Waals surface area contributed by atoms with Gasteiger partial charge >= 0.3 is 5.97 Å². The van der Waals surface area contributed by atoms with Crippen LogP contribution in [0.4, 0.5) is 17.1 Å². The van der Waals surface area contributed by atoms with Gasteiger partial charge in [-0.05, 0) is 60.7 Å². The molecule has 39 heavy (non-hydrogen) atoms. The highest BCUT2D eigenvalue weighted by Crippen LogP contribution is 2.30. The average Bonchev–Trinajstić information content (AvgIpc) is 2.91. The Hall–Kier alpha value is -4.77. The molecule has 3 aromatic rings. The van der Waals surface area contributed by atoms with Gasteiger partial charge in [-0.1, -0.05) is 11.6 Å². The van der Waals surface area contributed by atoms with Gasteiger partial charge in [-0.3, -0.25) is 14.4 Å². The largest absolute Gasteiger partial charge is 0.495 e. The smallest absolute Gasteiger partial charge is 0.338 e. The number of esters is 1. The molecule has 0 fully saturated rings. The van der Waals surface area contributed by atoms with Crippen molar-refractivity contribution in [2.24, 2.45) is 0 Å². The van der Waals surface area contributed by atoms with Crippen LogP contribution in [0.15, 0.2) is 60.7 Å². The van der Waals surface area contributed by atoms with Gasteiger partial charge in [0.25, 0.3) is 11.8 Å². The molecule has 0 saturated heterocycles. The van der Waals surface area contributed by atoms with Gasteiger partial charge in [0.05, 0.1) is 25.5 Å². The summed E-state index contributed by atoms with van der Waals surface area (Å²) >= 11 is 5.98. The predicted molar refractivity (Wildman–Crippen MR) is 145 cm³/mol. The number of hydrogen-bond acceptors (Lipinski definition) is 8. The first-order valence-electron chi connectivity index (χ1n) is 11.5. The van der Waals surface area contributed by atoms with Crippen molar-refractivity contribution in [3.05, 3.63) is 71.2 Å². The molecule has 0 unspecified atom stereocenters. The lowest BCUT2D eigenvalue weighted by molar-refractivity contribution is -0.119. The minimum absolute atomic E-state index is 0.111. The second-order valence-electron chi connectivity index (χ2n) is 7.93. The maximum atomic E-state index is 12.5. The molecule has 0 saturated carbocycles. The van der Waals surface area contributed by atoms with Gasteiger partial charge in [0.15, 0.2) is 24.7 Å². The van der Waals surface area contributed by atoms with Crippen LogP contribution >= 0.6 is 11.6 Å². The van der Waals surface area contributed by atoms with Crippen LogP contribution in [0.1, 0.15) is 17.3 Å². The minimum atomic E-state index is -0.762. The molecule has 0 radical (unpaired) electrons. The Morgan fingerprint density at radius 1 is 0.718 bits per heavy atom. The molecule has 0 aliphatic rings. The zero-order valence-corrected chi connectivity index (χ0v) is 22.1. The third-order valence-corrected chi connectivity index (χ3v) is 5.25. The van der Waals surface area contributed by atoms with Crippen molar-refractivity contribution in [1.29, 1.82) is 0 Å². The Morgan fingerprint density at radius 2 is 1.33 bits per heavy atom. The first kappa shape index (κ1) is 28.8. The summed E-state index contributed by atoms with van der Waals surface area (Å²) in [6, 6.07) is 15.5. The second-order valence-corrected chi connectivity index (χ2v) is 8.37. The molecule has 3 N–H and O–H groups in total. The Morgan fingerprint density at radius 3 is 1.97 bits per heavy atom. The molecular weight excluding hydrogens is 530 g/mol. The molecule has 0 spiro atoms. The van der Waals surface area contributed by atoms with E-state index in [2.05, 4.69) is 16.0 Å². The van der Waals surface area contributed by atoms with E-state index < -0.39 is 24.4 Å². The molecule has 0 aromatic heterocycles. The number of ether oxygens (including phenoxy) is 4. The minimum Gasteiger partial charge on any atom is -0.495 e. The van der Waals surface area contributed by atoms with Crippen LogP contribution in [0, 0.1) is 0 Å². The van der Waals surface area contributed by atoms with Crippen LogP contribution in [0.25, 0.3) is 0 Å². The van der Waals surface area contributed by atoms with E-state index in [1.165, 1.54) is 39.3 Å². The summed E-state index contributed by atoms with van der Waals surface area (Å²) in [6.07, 6.45) is 0. The summed E-state index contributed by atoms with van der Waals surface area (Å²) in [7, 11) is 2.84. The average molecular weight is 556 g/mol. The molecular formula is C27H26ClN3O8. The zero-order chi connectivity index (χ0) is 28.4. The summed E-state index contributed by atoms with van der Waals surface area (Å²) in [5.41, 5.74) is 1.54. The van der Waals surface area contributed by atoms with Crippen molar-refractivity contribution in [2.75, 3.05) is 43.4 Å². The lowest BCUT2D eigenvalue weighted by Crippen LogP contribution is -2.21. The fourth-order valence-corrected chi connectivity index (χ4v) is 3.45. The van der Waals surface area contributed by atoms with E-state index in [9.17, 15) is 19.2 Å². The van der Waals surface area contributed by atoms with Crippen molar-refractivity contribution in [2.45, 2.75) is 6.92 Å². The number of carbonyl (C=O) groups is 4. The van der Waals surface area contributed by atoms with E-state index in [1.807, 2.05) is 0 Å². The van der Waals surface area contributed by atoms with Gasteiger partial charge in [-0.2, -0.15) is 0 Å². The highest BCUT2D eigenvalue weighted by Gasteiger charge is 2.16. The Kier molecular flexibility index (Phi) is 10.1. The highest BCUT2D eigenvalue weighted by molar-refractivity contribution is 6.31. The van der Waals surface area contributed by atoms with Crippen molar-refractivity contribution < 1.29 is 38.1 Å². The van der Waals surface area contributed by atoms with Gasteiger partial charge in [0, 0.05) is 23.3 Å². The van der Waals surface area contributed by atoms with E-state index in [-0.39, 0.29) is 29.6 Å².